The van der Waals surface area contributed by atoms with Crippen molar-refractivity contribution in [1.82, 2.24) is 0 Å². The molecule has 0 aromatic heterocycles. The van der Waals surface area contributed by atoms with Crippen molar-refractivity contribution in [2.75, 3.05) is 12.4 Å². The van der Waals surface area contributed by atoms with Crippen LogP contribution in [-0.2, 0) is 45.4 Å². The first-order valence-corrected chi connectivity index (χ1v) is 5.10. The first kappa shape index (κ1) is 14.5. The zero-order chi connectivity index (χ0) is 8.20. The maximum atomic E-state index is 9.92. The van der Waals surface area contributed by atoms with Crippen molar-refractivity contribution in [1.29, 1.82) is 0 Å². The Balaban J connectivity index is 0. The summed E-state index contributed by atoms with van der Waals surface area (Å²) < 4.78 is 41.6. The van der Waals surface area contributed by atoms with Crippen LogP contribution in [0.15, 0.2) is 0 Å². The Morgan fingerprint density at radius 1 is 1.45 bits per heavy atom. The fourth-order valence-electron chi connectivity index (χ4n) is 0.234. The van der Waals surface area contributed by atoms with E-state index in [0.717, 1.165) is 0 Å². The van der Waals surface area contributed by atoms with Gasteiger partial charge in [-0.1, -0.05) is 0 Å². The van der Waals surface area contributed by atoms with Crippen LogP contribution < -0.4 is 0 Å². The molecule has 0 heterocycles. The summed E-state index contributed by atoms with van der Waals surface area (Å²) in [6.45, 7) is -0.465. The summed E-state index contributed by atoms with van der Waals surface area (Å²) >= 11 is 0. The molecule has 1 unspecified atom stereocenters. The Labute approximate surface area is 83.8 Å². The molecular weight excluding hydrogens is 274 g/mol. The second-order valence-electron chi connectivity index (χ2n) is 1.40. The normalized spacial score (nSPS) is 13.6. The Morgan fingerprint density at radius 2 is 1.91 bits per heavy atom. The molecule has 0 radical (unpaired) electrons. The van der Waals surface area contributed by atoms with Gasteiger partial charge in [0.1, 0.15) is 0 Å². The van der Waals surface area contributed by atoms with E-state index in [0.29, 0.717) is 0 Å². The first-order valence-electron chi connectivity index (χ1n) is 2.23. The molecule has 0 saturated carbocycles. The van der Waals surface area contributed by atoms with E-state index >= 15 is 0 Å². The molecule has 0 aromatic rings. The molecule has 2 N–H and O–H groups in total. The Morgan fingerprint density at radius 3 is 2.18 bits per heavy atom. The minimum absolute atomic E-state index is 0. The molecule has 0 rings (SSSR count). The van der Waals surface area contributed by atoms with E-state index in [1.54, 1.807) is 0 Å². The molecule has 0 aliphatic carbocycles. The van der Waals surface area contributed by atoms with Gasteiger partial charge in [-0.3, -0.25) is 9.12 Å². The van der Waals surface area contributed by atoms with E-state index in [9.17, 15) is 13.0 Å². The predicted octanol–water partition coefficient (Wildman–Crippen LogP) is -0.730. The van der Waals surface area contributed by atoms with Gasteiger partial charge >= 0.3 is 8.25 Å². The Kier molecular flexibility index (Phi) is 8.49. The van der Waals surface area contributed by atoms with E-state index in [4.69, 9.17) is 9.45 Å². The van der Waals surface area contributed by atoms with E-state index in [2.05, 4.69) is 4.52 Å². The zero-order valence-electron chi connectivity index (χ0n) is 5.35. The second-order valence-corrected chi connectivity index (χ2v) is 3.79. The van der Waals surface area contributed by atoms with E-state index in [-0.39, 0.29) is 26.2 Å². The molecule has 0 aromatic carbocycles. The SMILES string of the molecule is O=[PH](O)OCCS(=O)(=O)O.[Zr]. The second kappa shape index (κ2) is 6.46. The predicted molar refractivity (Wildman–Crippen MR) is 33.6 cm³/mol. The molecular formula is C2H7O6PSZr. The summed E-state index contributed by atoms with van der Waals surface area (Å²) in [4.78, 5) is 8.00. The quantitative estimate of drug-likeness (QED) is 0.520. The van der Waals surface area contributed by atoms with Crippen LogP contribution in [0.3, 0.4) is 0 Å². The summed E-state index contributed by atoms with van der Waals surface area (Å²) in [6, 6.07) is 0. The van der Waals surface area contributed by atoms with Gasteiger partial charge in [0, 0.05) is 26.2 Å². The van der Waals surface area contributed by atoms with Gasteiger partial charge < -0.3 is 9.42 Å². The van der Waals surface area contributed by atoms with E-state index in [1.165, 1.54) is 0 Å². The van der Waals surface area contributed by atoms with Crippen LogP contribution in [0, 0.1) is 0 Å². The van der Waals surface area contributed by atoms with Crippen LogP contribution in [-0.4, -0.2) is 30.2 Å². The van der Waals surface area contributed by atoms with Crippen LogP contribution in [0.25, 0.3) is 0 Å². The summed E-state index contributed by atoms with van der Waals surface area (Å²) in [7, 11) is -7.16. The minimum atomic E-state index is -4.08. The fourth-order valence-corrected chi connectivity index (χ4v) is 0.953. The molecule has 0 amide bonds. The number of hydrogen-bond acceptors (Lipinski definition) is 4. The molecule has 0 bridgehead atoms. The third-order valence-corrected chi connectivity index (χ3v) is 1.70. The molecule has 0 fully saturated rings. The van der Waals surface area contributed by atoms with Crippen molar-refractivity contribution in [3.63, 3.8) is 0 Å². The maximum absolute atomic E-state index is 9.92. The minimum Gasteiger partial charge on any atom is -0.326 e. The van der Waals surface area contributed by atoms with Crippen molar-refractivity contribution in [3.8, 4) is 0 Å². The maximum Gasteiger partial charge on any atom is 0.316 e. The van der Waals surface area contributed by atoms with Crippen LogP contribution >= 0.6 is 8.25 Å². The van der Waals surface area contributed by atoms with Gasteiger partial charge in [0.05, 0.1) is 12.4 Å². The van der Waals surface area contributed by atoms with Crippen molar-refractivity contribution in [3.05, 3.63) is 0 Å². The number of rotatable bonds is 4. The molecule has 66 valence electrons. The molecule has 0 aliphatic rings. The van der Waals surface area contributed by atoms with E-state index < -0.39 is 30.7 Å². The summed E-state index contributed by atoms with van der Waals surface area (Å²) in [5, 5.41) is 0. The average molecular weight is 281 g/mol. The first-order chi connectivity index (χ1) is 4.42. The van der Waals surface area contributed by atoms with Gasteiger partial charge in [-0.05, 0) is 0 Å². The smallest absolute Gasteiger partial charge is 0.316 e. The fraction of sp³-hybridized carbons (Fsp3) is 1.00. The largest absolute Gasteiger partial charge is 0.326 e. The summed E-state index contributed by atoms with van der Waals surface area (Å²) in [5.74, 6) is -0.663. The summed E-state index contributed by atoms with van der Waals surface area (Å²) in [5.41, 5.74) is 0. The Bertz CT molecular complexity index is 211. The van der Waals surface area contributed by atoms with Crippen molar-refractivity contribution in [2.24, 2.45) is 0 Å². The van der Waals surface area contributed by atoms with Gasteiger partial charge in [0.15, 0.2) is 0 Å². The van der Waals surface area contributed by atoms with Gasteiger partial charge in [0.2, 0.25) is 0 Å². The molecule has 9 heteroatoms. The molecule has 0 saturated heterocycles. The van der Waals surface area contributed by atoms with Crippen LogP contribution in [0.2, 0.25) is 0 Å². The molecule has 1 atom stereocenters. The van der Waals surface area contributed by atoms with Crippen LogP contribution in [0.5, 0.6) is 0 Å². The molecule has 11 heavy (non-hydrogen) atoms. The molecule has 0 aliphatic heterocycles. The Hall–Kier alpha value is 0.943. The topological polar surface area (TPSA) is 101 Å². The van der Waals surface area contributed by atoms with Gasteiger partial charge in [-0.2, -0.15) is 8.42 Å². The van der Waals surface area contributed by atoms with Gasteiger partial charge in [-0.25, -0.2) is 0 Å². The van der Waals surface area contributed by atoms with Crippen LogP contribution in [0.1, 0.15) is 0 Å². The third-order valence-electron chi connectivity index (χ3n) is 0.567. The molecule has 6 nitrogen and oxygen atoms in total. The van der Waals surface area contributed by atoms with Crippen molar-refractivity contribution in [2.45, 2.75) is 0 Å². The zero-order valence-corrected chi connectivity index (χ0v) is 9.62. The summed E-state index contributed by atoms with van der Waals surface area (Å²) in [6.07, 6.45) is 0. The van der Waals surface area contributed by atoms with Crippen molar-refractivity contribution >= 4 is 18.4 Å². The monoisotopic (exact) mass is 280 g/mol. The standard InChI is InChI=1S/C2H7O6PS.Zr/c3-9(4)8-1-2-10(5,6)7;/h9H,1-2H2,(H,3,4)(H,5,6,7);. The number of hydrogen-bond donors (Lipinski definition) is 2. The molecule has 0 spiro atoms. The van der Waals surface area contributed by atoms with Crippen molar-refractivity contribution < 1.29 is 53.2 Å². The van der Waals surface area contributed by atoms with Gasteiger partial charge in [-0.15, -0.1) is 0 Å². The van der Waals surface area contributed by atoms with Gasteiger partial charge in [0.25, 0.3) is 10.1 Å². The average Bonchev–Trinajstić information content (AvgIpc) is 1.59. The van der Waals surface area contributed by atoms with E-state index in [1.807, 2.05) is 0 Å². The third kappa shape index (κ3) is 13.9. The van der Waals surface area contributed by atoms with Crippen LogP contribution in [0.4, 0.5) is 0 Å².